The van der Waals surface area contributed by atoms with Crippen LogP contribution in [0.5, 0.6) is 11.5 Å². The summed E-state index contributed by atoms with van der Waals surface area (Å²) in [6.45, 7) is 3.08. The van der Waals surface area contributed by atoms with Crippen LogP contribution in [0.4, 0.5) is 0 Å². The van der Waals surface area contributed by atoms with E-state index < -0.39 is 0 Å². The van der Waals surface area contributed by atoms with E-state index in [0.29, 0.717) is 17.1 Å². The monoisotopic (exact) mass is 389 g/mol. The fourth-order valence-electron chi connectivity index (χ4n) is 3.48. The van der Waals surface area contributed by atoms with Gasteiger partial charge in [0.1, 0.15) is 6.54 Å². The molecule has 3 rings (SSSR count). The number of carbonyl (C=O) groups is 1. The summed E-state index contributed by atoms with van der Waals surface area (Å²) in [6, 6.07) is 13.5. The molecule has 144 valence electrons. The highest BCUT2D eigenvalue weighted by Gasteiger charge is 2.24. The lowest BCUT2D eigenvalue weighted by molar-refractivity contribution is -0.918. The van der Waals surface area contributed by atoms with Gasteiger partial charge in [0.2, 0.25) is 0 Å². The van der Waals surface area contributed by atoms with Crippen molar-refractivity contribution in [3.63, 3.8) is 0 Å². The van der Waals surface area contributed by atoms with E-state index in [1.54, 1.807) is 32.4 Å². The first kappa shape index (κ1) is 19.5. The van der Waals surface area contributed by atoms with E-state index >= 15 is 0 Å². The van der Waals surface area contributed by atoms with E-state index in [1.807, 2.05) is 12.1 Å². The fraction of sp³-hybridized carbons (Fsp3) is 0.381. The average molecular weight is 390 g/mol. The van der Waals surface area contributed by atoms with Gasteiger partial charge in [0.25, 0.3) is 5.91 Å². The third-order valence-electron chi connectivity index (χ3n) is 5.04. The summed E-state index contributed by atoms with van der Waals surface area (Å²) in [6.07, 6.45) is 1.95. The molecule has 2 N–H and O–H groups in total. The Labute approximate surface area is 165 Å². The van der Waals surface area contributed by atoms with Crippen molar-refractivity contribution >= 4 is 17.5 Å². The molecule has 0 radical (unpaired) electrons. The summed E-state index contributed by atoms with van der Waals surface area (Å²) in [5.41, 5.74) is 1.88. The maximum Gasteiger partial charge on any atom is 0.251 e. The van der Waals surface area contributed by atoms with E-state index in [2.05, 4.69) is 17.4 Å². The van der Waals surface area contributed by atoms with Crippen molar-refractivity contribution < 1.29 is 19.2 Å². The number of amides is 1. The lowest BCUT2D eigenvalue weighted by Crippen LogP contribution is -3.12. The van der Waals surface area contributed by atoms with Crippen molar-refractivity contribution in [3.8, 4) is 11.5 Å². The van der Waals surface area contributed by atoms with Crippen LogP contribution in [0.3, 0.4) is 0 Å². The van der Waals surface area contributed by atoms with Crippen molar-refractivity contribution in [2.45, 2.75) is 25.4 Å². The minimum absolute atomic E-state index is 0.0675. The molecule has 1 amide bonds. The molecule has 27 heavy (non-hydrogen) atoms. The summed E-state index contributed by atoms with van der Waals surface area (Å²) in [4.78, 5) is 14.1. The SMILES string of the molecule is COc1ccc(C(=O)NC2CC[NH+](Cc3ccc(Cl)cc3)CC2)cc1OC. The number of nitrogens with one attached hydrogen (secondary N) is 2. The summed E-state index contributed by atoms with van der Waals surface area (Å²) in [5.74, 6) is 1.11. The van der Waals surface area contributed by atoms with Crippen molar-refractivity contribution in [1.29, 1.82) is 0 Å². The number of hydrogen-bond acceptors (Lipinski definition) is 3. The van der Waals surface area contributed by atoms with Gasteiger partial charge in [0, 0.05) is 35.0 Å². The Morgan fingerprint density at radius 2 is 1.74 bits per heavy atom. The van der Waals surface area contributed by atoms with Gasteiger partial charge in [-0.3, -0.25) is 4.79 Å². The molecule has 0 atom stereocenters. The number of likely N-dealkylation sites (tertiary alicyclic amines) is 1. The van der Waals surface area contributed by atoms with Crippen LogP contribution in [0, 0.1) is 0 Å². The molecular weight excluding hydrogens is 364 g/mol. The molecule has 0 spiro atoms. The van der Waals surface area contributed by atoms with Crippen LogP contribution in [0.1, 0.15) is 28.8 Å². The second kappa shape index (κ2) is 9.11. The van der Waals surface area contributed by atoms with Crippen LogP contribution in [0.15, 0.2) is 42.5 Å². The van der Waals surface area contributed by atoms with E-state index in [-0.39, 0.29) is 11.9 Å². The van der Waals surface area contributed by atoms with Gasteiger partial charge >= 0.3 is 0 Å². The predicted molar refractivity (Wildman–Crippen MR) is 106 cm³/mol. The largest absolute Gasteiger partial charge is 0.493 e. The third-order valence-corrected chi connectivity index (χ3v) is 5.29. The highest BCUT2D eigenvalue weighted by Crippen LogP contribution is 2.27. The van der Waals surface area contributed by atoms with Crippen LogP contribution in [0.2, 0.25) is 5.02 Å². The molecule has 0 aromatic heterocycles. The van der Waals surface area contributed by atoms with Crippen LogP contribution in [0.25, 0.3) is 0 Å². The lowest BCUT2D eigenvalue weighted by atomic mass is 10.0. The first-order valence-corrected chi connectivity index (χ1v) is 9.57. The Kier molecular flexibility index (Phi) is 6.58. The maximum atomic E-state index is 12.6. The minimum atomic E-state index is -0.0675. The highest BCUT2D eigenvalue weighted by molar-refractivity contribution is 6.30. The molecule has 0 bridgehead atoms. The number of piperidine rings is 1. The molecule has 0 saturated carbocycles. The van der Waals surface area contributed by atoms with Crippen LogP contribution < -0.4 is 19.7 Å². The molecule has 1 saturated heterocycles. The van der Waals surface area contributed by atoms with E-state index in [9.17, 15) is 4.79 Å². The quantitative estimate of drug-likeness (QED) is 0.797. The third kappa shape index (κ3) is 5.15. The smallest absolute Gasteiger partial charge is 0.251 e. The molecule has 1 aliphatic heterocycles. The first-order valence-electron chi connectivity index (χ1n) is 9.20. The number of hydrogen-bond donors (Lipinski definition) is 2. The topological polar surface area (TPSA) is 52.0 Å². The standard InChI is InChI=1S/C21H25ClN2O3/c1-26-19-8-5-16(13-20(19)27-2)21(25)23-18-9-11-24(12-10-18)14-15-3-6-17(22)7-4-15/h3-8,13,18H,9-12,14H2,1-2H3,(H,23,25)/p+1. The number of halogens is 1. The molecule has 0 aliphatic carbocycles. The number of rotatable bonds is 6. The van der Waals surface area contributed by atoms with Crippen molar-refractivity contribution in [1.82, 2.24) is 5.32 Å². The van der Waals surface area contributed by atoms with Gasteiger partial charge < -0.3 is 19.7 Å². The molecule has 5 nitrogen and oxygen atoms in total. The Morgan fingerprint density at radius 1 is 1.07 bits per heavy atom. The number of carbonyl (C=O) groups excluding carboxylic acids is 1. The van der Waals surface area contributed by atoms with Gasteiger partial charge in [-0.15, -0.1) is 0 Å². The normalized spacial score (nSPS) is 19.4. The summed E-state index contributed by atoms with van der Waals surface area (Å²) >= 11 is 5.95. The van der Waals surface area contributed by atoms with Crippen LogP contribution in [-0.2, 0) is 6.54 Å². The number of ether oxygens (including phenoxy) is 2. The van der Waals surface area contributed by atoms with Crippen LogP contribution >= 0.6 is 11.6 Å². The molecule has 1 fully saturated rings. The molecule has 2 aromatic carbocycles. The molecule has 1 aliphatic rings. The lowest BCUT2D eigenvalue weighted by Gasteiger charge is -2.30. The van der Waals surface area contributed by atoms with Gasteiger partial charge in [0.15, 0.2) is 11.5 Å². The van der Waals surface area contributed by atoms with E-state index in [4.69, 9.17) is 21.1 Å². The summed E-state index contributed by atoms with van der Waals surface area (Å²) in [7, 11) is 3.15. The second-order valence-corrected chi connectivity index (χ2v) is 7.31. The summed E-state index contributed by atoms with van der Waals surface area (Å²) < 4.78 is 10.5. The number of quaternary nitrogens is 1. The Hall–Kier alpha value is -2.24. The predicted octanol–water partition coefficient (Wildman–Crippen LogP) is 2.33. The zero-order valence-corrected chi connectivity index (χ0v) is 16.5. The highest BCUT2D eigenvalue weighted by atomic mass is 35.5. The van der Waals surface area contributed by atoms with Crippen molar-refractivity contribution in [2.24, 2.45) is 0 Å². The van der Waals surface area contributed by atoms with Crippen LogP contribution in [-0.4, -0.2) is 39.3 Å². The first-order chi connectivity index (χ1) is 13.1. The van der Waals surface area contributed by atoms with Gasteiger partial charge in [0.05, 0.1) is 27.3 Å². The zero-order valence-electron chi connectivity index (χ0n) is 15.8. The van der Waals surface area contributed by atoms with Gasteiger partial charge in [-0.1, -0.05) is 23.7 Å². The summed E-state index contributed by atoms with van der Waals surface area (Å²) in [5, 5.41) is 3.92. The Morgan fingerprint density at radius 3 is 2.37 bits per heavy atom. The minimum Gasteiger partial charge on any atom is -0.493 e. The van der Waals surface area contributed by atoms with Gasteiger partial charge in [-0.2, -0.15) is 0 Å². The Bertz CT molecular complexity index is 771. The van der Waals surface area contributed by atoms with Gasteiger partial charge in [-0.25, -0.2) is 0 Å². The molecule has 1 heterocycles. The number of benzene rings is 2. The van der Waals surface area contributed by atoms with E-state index in [1.165, 1.54) is 10.5 Å². The molecular formula is C21H26ClN2O3+. The van der Waals surface area contributed by atoms with E-state index in [0.717, 1.165) is 37.5 Å². The fourth-order valence-corrected chi connectivity index (χ4v) is 3.61. The maximum absolute atomic E-state index is 12.6. The molecule has 0 unspecified atom stereocenters. The Balaban J connectivity index is 1.51. The molecule has 2 aromatic rings. The van der Waals surface area contributed by atoms with Gasteiger partial charge in [-0.05, 0) is 30.3 Å². The van der Waals surface area contributed by atoms with Crippen molar-refractivity contribution in [3.05, 3.63) is 58.6 Å². The second-order valence-electron chi connectivity index (χ2n) is 6.87. The van der Waals surface area contributed by atoms with Crippen molar-refractivity contribution in [2.75, 3.05) is 27.3 Å². The number of methoxy groups -OCH3 is 2. The molecule has 6 heteroatoms. The average Bonchev–Trinajstić information content (AvgIpc) is 2.70. The zero-order chi connectivity index (χ0) is 19.2.